The zero-order chi connectivity index (χ0) is 32.2. The van der Waals surface area contributed by atoms with Gasteiger partial charge in [0.15, 0.2) is 24.0 Å². The third kappa shape index (κ3) is 6.87. The van der Waals surface area contributed by atoms with Crippen molar-refractivity contribution in [1.29, 1.82) is 0 Å². The standard InChI is InChI=1S/C28H33N5O12/c34-12-16-24(21(37)22(38)27(42)43-16)45-28-23(39)20(36)19(35)15(44-28)11-29-25(40)17-18(31-30-13-7-3-1-4-8-13)26(41)33(32-17)14-9-5-2-6-10-14/h1-10,15-16,19-24,27-28,32,34-39,42H,11-12H2,(H,29,40)/t15-,16-,19+,20+,21-,22-,23-,24-,27?,28+/m1/s1. The number of carbonyl (C=O) groups is 1. The molecule has 10 atom stereocenters. The van der Waals surface area contributed by atoms with Crippen molar-refractivity contribution in [3.05, 3.63) is 76.7 Å². The van der Waals surface area contributed by atoms with Crippen molar-refractivity contribution in [2.45, 2.75) is 61.4 Å². The smallest absolute Gasteiger partial charge is 0.299 e. The number of aliphatic hydroxyl groups excluding tert-OH is 7. The topological polar surface area (TPSA) is 261 Å². The van der Waals surface area contributed by atoms with Gasteiger partial charge in [0.2, 0.25) is 0 Å². The Morgan fingerprint density at radius 2 is 1.51 bits per heavy atom. The van der Waals surface area contributed by atoms with Crippen LogP contribution in [-0.2, 0) is 14.2 Å². The van der Waals surface area contributed by atoms with Crippen molar-refractivity contribution in [3.63, 3.8) is 0 Å². The molecule has 1 unspecified atom stereocenters. The van der Waals surface area contributed by atoms with Crippen molar-refractivity contribution >= 4 is 17.3 Å². The number of ether oxygens (including phenoxy) is 3. The number of aromatic nitrogens is 2. The van der Waals surface area contributed by atoms with Gasteiger partial charge >= 0.3 is 0 Å². The van der Waals surface area contributed by atoms with E-state index in [-0.39, 0.29) is 11.4 Å². The first-order valence-electron chi connectivity index (χ1n) is 13.9. The summed E-state index contributed by atoms with van der Waals surface area (Å²) < 4.78 is 17.3. The van der Waals surface area contributed by atoms with Crippen LogP contribution in [0, 0.1) is 0 Å². The summed E-state index contributed by atoms with van der Waals surface area (Å²) in [6.07, 6.45) is -17.0. The number of benzene rings is 2. The Kier molecular flexibility index (Phi) is 10.1. The van der Waals surface area contributed by atoms with E-state index in [1.54, 1.807) is 60.7 Å². The van der Waals surface area contributed by atoms with Crippen LogP contribution in [0.25, 0.3) is 5.69 Å². The minimum Gasteiger partial charge on any atom is -0.394 e. The number of azo groups is 1. The van der Waals surface area contributed by atoms with Crippen LogP contribution < -0.4 is 10.9 Å². The second kappa shape index (κ2) is 14.0. The molecule has 0 aliphatic carbocycles. The third-order valence-corrected chi connectivity index (χ3v) is 7.39. The lowest BCUT2D eigenvalue weighted by molar-refractivity contribution is -0.352. The first-order valence-corrected chi connectivity index (χ1v) is 13.9. The molecular weight excluding hydrogens is 598 g/mol. The van der Waals surface area contributed by atoms with Crippen molar-refractivity contribution in [2.24, 2.45) is 10.2 Å². The van der Waals surface area contributed by atoms with Gasteiger partial charge in [-0.1, -0.05) is 36.4 Å². The molecule has 3 aromatic rings. The van der Waals surface area contributed by atoms with Gasteiger partial charge in [0.05, 0.1) is 18.0 Å². The average Bonchev–Trinajstić information content (AvgIpc) is 3.39. The molecule has 9 N–H and O–H groups in total. The molecule has 17 nitrogen and oxygen atoms in total. The first-order chi connectivity index (χ1) is 21.6. The molecule has 0 saturated carbocycles. The molecule has 2 aliphatic rings. The predicted octanol–water partition coefficient (Wildman–Crippen LogP) is -2.07. The van der Waals surface area contributed by atoms with Crippen LogP contribution in [-0.4, -0.2) is 126 Å². The fourth-order valence-corrected chi connectivity index (χ4v) is 4.91. The lowest BCUT2D eigenvalue weighted by atomic mass is 9.97. The molecule has 242 valence electrons. The van der Waals surface area contributed by atoms with Crippen molar-refractivity contribution in [1.82, 2.24) is 15.1 Å². The first kappa shape index (κ1) is 32.5. The summed E-state index contributed by atoms with van der Waals surface area (Å²) in [5, 5.41) is 84.5. The van der Waals surface area contributed by atoms with Gasteiger partial charge in [0.1, 0.15) is 48.8 Å². The highest BCUT2D eigenvalue weighted by Gasteiger charge is 2.50. The molecule has 3 heterocycles. The second-order valence-electron chi connectivity index (χ2n) is 10.4. The number of carbonyl (C=O) groups excluding carboxylic acids is 1. The van der Waals surface area contributed by atoms with E-state index in [2.05, 4.69) is 20.6 Å². The molecular formula is C28H33N5O12. The molecule has 2 saturated heterocycles. The Morgan fingerprint density at radius 3 is 2.18 bits per heavy atom. The molecule has 1 aromatic heterocycles. The number of rotatable bonds is 9. The largest absolute Gasteiger partial charge is 0.394 e. The summed E-state index contributed by atoms with van der Waals surface area (Å²) in [5.41, 5.74) is -0.432. The number of para-hydroxylation sites is 1. The zero-order valence-corrected chi connectivity index (χ0v) is 23.5. The van der Waals surface area contributed by atoms with Gasteiger partial charge in [-0.25, -0.2) is 4.68 Å². The molecule has 0 spiro atoms. The highest BCUT2D eigenvalue weighted by Crippen LogP contribution is 2.29. The molecule has 17 heteroatoms. The van der Waals surface area contributed by atoms with E-state index < -0.39 is 86.0 Å². The summed E-state index contributed by atoms with van der Waals surface area (Å²) in [5.74, 6) is -0.855. The van der Waals surface area contributed by atoms with Gasteiger partial charge in [-0.15, -0.1) is 5.11 Å². The Morgan fingerprint density at radius 1 is 0.844 bits per heavy atom. The minimum atomic E-state index is -1.87. The normalized spacial score (nSPS) is 32.1. The summed E-state index contributed by atoms with van der Waals surface area (Å²) in [6, 6.07) is 16.9. The van der Waals surface area contributed by atoms with Crippen LogP contribution in [0.5, 0.6) is 0 Å². The van der Waals surface area contributed by atoms with Gasteiger partial charge < -0.3 is 55.3 Å². The maximum absolute atomic E-state index is 13.4. The highest BCUT2D eigenvalue weighted by molar-refractivity contribution is 5.96. The molecule has 0 radical (unpaired) electrons. The van der Waals surface area contributed by atoms with Crippen molar-refractivity contribution in [3.8, 4) is 5.69 Å². The Balaban J connectivity index is 1.35. The van der Waals surface area contributed by atoms with Gasteiger partial charge in [-0.2, -0.15) is 5.11 Å². The SMILES string of the molecule is O=C(NC[C@H]1O[C@@H](O[C@H]2[C@H](O)[C@@H](O)C(O)O[C@@H]2CO)[C@H](O)[C@@H](O)[C@H]1O)c1[nH]n(-c2ccccc2)c(=O)c1N=Nc1ccccc1. The summed E-state index contributed by atoms with van der Waals surface area (Å²) in [4.78, 5) is 26.6. The van der Waals surface area contributed by atoms with E-state index in [0.717, 1.165) is 4.68 Å². The molecule has 2 aromatic carbocycles. The quantitative estimate of drug-likeness (QED) is 0.115. The summed E-state index contributed by atoms with van der Waals surface area (Å²) in [6.45, 7) is -1.24. The lowest BCUT2D eigenvalue weighted by Crippen LogP contribution is -2.65. The van der Waals surface area contributed by atoms with Gasteiger partial charge in [0, 0.05) is 6.54 Å². The number of aromatic amines is 1. The average molecular weight is 632 g/mol. The van der Waals surface area contributed by atoms with E-state index in [0.29, 0.717) is 11.4 Å². The van der Waals surface area contributed by atoms with Crippen LogP contribution >= 0.6 is 0 Å². The van der Waals surface area contributed by atoms with Crippen LogP contribution in [0.4, 0.5) is 11.4 Å². The van der Waals surface area contributed by atoms with Crippen LogP contribution in [0.15, 0.2) is 75.7 Å². The zero-order valence-electron chi connectivity index (χ0n) is 23.5. The molecule has 45 heavy (non-hydrogen) atoms. The molecule has 2 fully saturated rings. The number of H-pyrrole nitrogens is 1. The Bertz CT molecular complexity index is 1520. The fraction of sp³-hybridized carbons (Fsp3) is 0.429. The number of nitrogens with one attached hydrogen (secondary N) is 2. The Hall–Kier alpha value is -3.88. The Labute approximate surface area is 254 Å². The van der Waals surface area contributed by atoms with E-state index in [4.69, 9.17) is 14.2 Å². The fourth-order valence-electron chi connectivity index (χ4n) is 4.91. The number of hydrogen-bond donors (Lipinski definition) is 9. The van der Waals surface area contributed by atoms with E-state index in [1.807, 2.05) is 0 Å². The van der Waals surface area contributed by atoms with E-state index in [1.165, 1.54) is 0 Å². The minimum absolute atomic E-state index is 0.275. The number of nitrogens with zero attached hydrogens (tertiary/aromatic N) is 3. The summed E-state index contributed by atoms with van der Waals surface area (Å²) in [7, 11) is 0. The maximum atomic E-state index is 13.4. The van der Waals surface area contributed by atoms with Crippen LogP contribution in [0.2, 0.25) is 0 Å². The van der Waals surface area contributed by atoms with Crippen LogP contribution in [0.3, 0.4) is 0 Å². The predicted molar refractivity (Wildman–Crippen MR) is 151 cm³/mol. The highest BCUT2D eigenvalue weighted by atomic mass is 16.7. The van der Waals surface area contributed by atoms with Crippen molar-refractivity contribution in [2.75, 3.05) is 13.2 Å². The molecule has 5 rings (SSSR count). The lowest BCUT2D eigenvalue weighted by Gasteiger charge is -2.45. The summed E-state index contributed by atoms with van der Waals surface area (Å²) >= 11 is 0. The number of amides is 1. The van der Waals surface area contributed by atoms with E-state index in [9.17, 15) is 45.3 Å². The number of aliphatic hydroxyl groups is 7. The van der Waals surface area contributed by atoms with Crippen LogP contribution in [0.1, 0.15) is 10.5 Å². The molecule has 2 aliphatic heterocycles. The monoisotopic (exact) mass is 631 g/mol. The van der Waals surface area contributed by atoms with Gasteiger partial charge in [-0.05, 0) is 24.3 Å². The van der Waals surface area contributed by atoms with Gasteiger partial charge in [-0.3, -0.25) is 14.7 Å². The van der Waals surface area contributed by atoms with Crippen molar-refractivity contribution < 1.29 is 54.8 Å². The third-order valence-electron chi connectivity index (χ3n) is 7.39. The maximum Gasteiger partial charge on any atom is 0.299 e. The molecule has 0 bridgehead atoms. The second-order valence-corrected chi connectivity index (χ2v) is 10.4. The number of hydrogen-bond acceptors (Lipinski definition) is 14. The molecule has 1 amide bonds. The van der Waals surface area contributed by atoms with E-state index >= 15 is 0 Å². The van der Waals surface area contributed by atoms with Gasteiger partial charge in [0.25, 0.3) is 11.5 Å².